The zero-order valence-corrected chi connectivity index (χ0v) is 11.4. The lowest BCUT2D eigenvalue weighted by Gasteiger charge is -2.26. The van der Waals surface area contributed by atoms with Crippen molar-refractivity contribution in [3.05, 3.63) is 11.9 Å². The summed E-state index contributed by atoms with van der Waals surface area (Å²) in [6.07, 6.45) is 7.52. The third-order valence-corrected chi connectivity index (χ3v) is 3.51. The number of aromatic nitrogens is 3. The SMILES string of the molecule is CNCc1cn(CCOC2CCCC(C)C2)nn1. The van der Waals surface area contributed by atoms with Gasteiger partial charge in [0.15, 0.2) is 0 Å². The maximum absolute atomic E-state index is 5.92. The van der Waals surface area contributed by atoms with Crippen molar-refractivity contribution in [2.75, 3.05) is 13.7 Å². The summed E-state index contributed by atoms with van der Waals surface area (Å²) in [5, 5.41) is 11.2. The standard InChI is InChI=1S/C13H24N4O/c1-11-4-3-5-13(8-11)18-7-6-17-10-12(9-14-2)15-16-17/h10-11,13-14H,3-9H2,1-2H3. The Balaban J connectivity index is 1.67. The van der Waals surface area contributed by atoms with E-state index in [1.807, 2.05) is 17.9 Å². The highest BCUT2D eigenvalue weighted by atomic mass is 16.5. The van der Waals surface area contributed by atoms with Gasteiger partial charge in [-0.25, -0.2) is 4.68 Å². The van der Waals surface area contributed by atoms with Crippen LogP contribution in [0.3, 0.4) is 0 Å². The highest BCUT2D eigenvalue weighted by Crippen LogP contribution is 2.25. The molecule has 102 valence electrons. The van der Waals surface area contributed by atoms with Gasteiger partial charge in [-0.1, -0.05) is 25.0 Å². The van der Waals surface area contributed by atoms with Gasteiger partial charge in [0.25, 0.3) is 0 Å². The van der Waals surface area contributed by atoms with Crippen molar-refractivity contribution in [3.63, 3.8) is 0 Å². The Morgan fingerprint density at radius 1 is 1.50 bits per heavy atom. The zero-order valence-electron chi connectivity index (χ0n) is 11.4. The fourth-order valence-corrected chi connectivity index (χ4v) is 2.55. The normalized spacial score (nSPS) is 24.3. The Morgan fingerprint density at radius 2 is 2.39 bits per heavy atom. The molecule has 2 atom stereocenters. The summed E-state index contributed by atoms with van der Waals surface area (Å²) in [5.74, 6) is 0.817. The molecule has 5 nitrogen and oxygen atoms in total. The van der Waals surface area contributed by atoms with Crippen LogP contribution in [-0.4, -0.2) is 34.8 Å². The van der Waals surface area contributed by atoms with Crippen LogP contribution in [0.2, 0.25) is 0 Å². The van der Waals surface area contributed by atoms with E-state index in [1.54, 1.807) is 0 Å². The Labute approximate surface area is 109 Å². The number of hydrogen-bond donors (Lipinski definition) is 1. The second-order valence-electron chi connectivity index (χ2n) is 5.27. The smallest absolute Gasteiger partial charge is 0.0964 e. The van der Waals surface area contributed by atoms with Crippen LogP contribution in [0, 0.1) is 5.92 Å². The van der Waals surface area contributed by atoms with Crippen LogP contribution in [0.4, 0.5) is 0 Å². The molecule has 1 aliphatic carbocycles. The van der Waals surface area contributed by atoms with Gasteiger partial charge in [-0.15, -0.1) is 5.10 Å². The van der Waals surface area contributed by atoms with Crippen LogP contribution >= 0.6 is 0 Å². The quantitative estimate of drug-likeness (QED) is 0.835. The van der Waals surface area contributed by atoms with E-state index in [2.05, 4.69) is 22.6 Å². The van der Waals surface area contributed by atoms with Crippen molar-refractivity contribution >= 4 is 0 Å². The number of nitrogens with zero attached hydrogens (tertiary/aromatic N) is 3. The minimum atomic E-state index is 0.453. The van der Waals surface area contributed by atoms with Gasteiger partial charge in [0.1, 0.15) is 0 Å². The number of nitrogens with one attached hydrogen (secondary N) is 1. The minimum absolute atomic E-state index is 0.453. The molecule has 0 aromatic carbocycles. The van der Waals surface area contributed by atoms with Gasteiger partial charge >= 0.3 is 0 Å². The Bertz CT molecular complexity index is 353. The monoisotopic (exact) mass is 252 g/mol. The van der Waals surface area contributed by atoms with E-state index >= 15 is 0 Å². The molecule has 1 heterocycles. The van der Waals surface area contributed by atoms with E-state index in [4.69, 9.17) is 4.74 Å². The molecule has 1 aromatic heterocycles. The molecule has 2 unspecified atom stereocenters. The van der Waals surface area contributed by atoms with Crippen molar-refractivity contribution in [3.8, 4) is 0 Å². The molecule has 1 fully saturated rings. The van der Waals surface area contributed by atoms with Gasteiger partial charge in [-0.05, 0) is 25.8 Å². The predicted octanol–water partition coefficient (Wildman–Crippen LogP) is 1.59. The molecule has 1 saturated carbocycles. The molecule has 0 spiro atoms. The molecular formula is C13H24N4O. The van der Waals surface area contributed by atoms with Gasteiger partial charge in [-0.2, -0.15) is 0 Å². The zero-order chi connectivity index (χ0) is 12.8. The van der Waals surface area contributed by atoms with E-state index in [-0.39, 0.29) is 0 Å². The first-order chi connectivity index (χ1) is 8.78. The molecule has 0 bridgehead atoms. The molecule has 0 amide bonds. The summed E-state index contributed by atoms with van der Waals surface area (Å²) in [4.78, 5) is 0. The van der Waals surface area contributed by atoms with E-state index in [9.17, 15) is 0 Å². The van der Waals surface area contributed by atoms with Crippen LogP contribution < -0.4 is 5.32 Å². The van der Waals surface area contributed by atoms with E-state index in [0.717, 1.165) is 31.3 Å². The van der Waals surface area contributed by atoms with Crippen molar-refractivity contribution in [1.29, 1.82) is 0 Å². The van der Waals surface area contributed by atoms with E-state index in [0.29, 0.717) is 6.10 Å². The first-order valence-corrected chi connectivity index (χ1v) is 6.93. The Hall–Kier alpha value is -0.940. The Morgan fingerprint density at radius 3 is 3.17 bits per heavy atom. The molecule has 18 heavy (non-hydrogen) atoms. The average Bonchev–Trinajstić information content (AvgIpc) is 2.78. The first-order valence-electron chi connectivity index (χ1n) is 6.93. The molecule has 1 N–H and O–H groups in total. The van der Waals surface area contributed by atoms with Crippen LogP contribution in [0.25, 0.3) is 0 Å². The predicted molar refractivity (Wildman–Crippen MR) is 70.2 cm³/mol. The van der Waals surface area contributed by atoms with Gasteiger partial charge < -0.3 is 10.1 Å². The lowest BCUT2D eigenvalue weighted by Crippen LogP contribution is -2.23. The first kappa shape index (κ1) is 13.5. The maximum atomic E-state index is 5.92. The largest absolute Gasteiger partial charge is 0.376 e. The molecule has 0 radical (unpaired) electrons. The molecule has 0 aliphatic heterocycles. The van der Waals surface area contributed by atoms with Crippen molar-refractivity contribution in [2.45, 2.75) is 51.8 Å². The molecule has 2 rings (SSSR count). The van der Waals surface area contributed by atoms with Crippen LogP contribution in [0.15, 0.2) is 6.20 Å². The van der Waals surface area contributed by atoms with Crippen LogP contribution in [-0.2, 0) is 17.8 Å². The van der Waals surface area contributed by atoms with Crippen LogP contribution in [0.1, 0.15) is 38.3 Å². The molecule has 1 aliphatic rings. The summed E-state index contributed by atoms with van der Waals surface area (Å²) >= 11 is 0. The highest BCUT2D eigenvalue weighted by molar-refractivity contribution is 4.90. The fraction of sp³-hybridized carbons (Fsp3) is 0.846. The van der Waals surface area contributed by atoms with E-state index < -0.39 is 0 Å². The third-order valence-electron chi connectivity index (χ3n) is 3.51. The number of hydrogen-bond acceptors (Lipinski definition) is 4. The summed E-state index contributed by atoms with van der Waals surface area (Å²) in [5.41, 5.74) is 0.976. The third kappa shape index (κ3) is 4.07. The minimum Gasteiger partial charge on any atom is -0.376 e. The summed E-state index contributed by atoms with van der Waals surface area (Å²) < 4.78 is 7.78. The van der Waals surface area contributed by atoms with Crippen molar-refractivity contribution < 1.29 is 4.74 Å². The van der Waals surface area contributed by atoms with Crippen molar-refractivity contribution in [2.24, 2.45) is 5.92 Å². The molecular weight excluding hydrogens is 228 g/mol. The molecule has 1 aromatic rings. The van der Waals surface area contributed by atoms with Gasteiger partial charge in [0, 0.05) is 12.7 Å². The van der Waals surface area contributed by atoms with Crippen LogP contribution in [0.5, 0.6) is 0 Å². The van der Waals surface area contributed by atoms with E-state index in [1.165, 1.54) is 25.7 Å². The van der Waals surface area contributed by atoms with Gasteiger partial charge in [0.2, 0.25) is 0 Å². The van der Waals surface area contributed by atoms with Crippen molar-refractivity contribution in [1.82, 2.24) is 20.3 Å². The lowest BCUT2D eigenvalue weighted by atomic mass is 9.89. The fourth-order valence-electron chi connectivity index (χ4n) is 2.55. The average molecular weight is 252 g/mol. The topological polar surface area (TPSA) is 52.0 Å². The second-order valence-corrected chi connectivity index (χ2v) is 5.27. The van der Waals surface area contributed by atoms with Gasteiger partial charge in [0.05, 0.1) is 24.9 Å². The van der Waals surface area contributed by atoms with Gasteiger partial charge in [-0.3, -0.25) is 0 Å². The lowest BCUT2D eigenvalue weighted by molar-refractivity contribution is 0.0105. The number of ether oxygens (including phenoxy) is 1. The summed E-state index contributed by atoms with van der Waals surface area (Å²) in [6.45, 7) is 4.61. The highest BCUT2D eigenvalue weighted by Gasteiger charge is 2.18. The maximum Gasteiger partial charge on any atom is 0.0964 e. The summed E-state index contributed by atoms with van der Waals surface area (Å²) in [7, 11) is 1.91. The molecule has 5 heteroatoms. The Kier molecular flexibility index (Phi) is 5.13. The number of rotatable bonds is 6. The molecule has 0 saturated heterocycles. The summed E-state index contributed by atoms with van der Waals surface area (Å²) in [6, 6.07) is 0. The second kappa shape index (κ2) is 6.85.